The summed E-state index contributed by atoms with van der Waals surface area (Å²) in [5, 5.41) is 17.8. The number of aromatic nitrogens is 3. The van der Waals surface area contributed by atoms with Gasteiger partial charge < -0.3 is 5.32 Å². The van der Waals surface area contributed by atoms with E-state index in [9.17, 15) is 10.1 Å². The van der Waals surface area contributed by atoms with Gasteiger partial charge in [-0.05, 0) is 65.6 Å². The molecule has 2 aromatic carbocycles. The molecule has 31 heavy (non-hydrogen) atoms. The van der Waals surface area contributed by atoms with Gasteiger partial charge in [-0.1, -0.05) is 19.9 Å². The lowest BCUT2D eigenvalue weighted by molar-refractivity contribution is 0.102. The average molecular weight is 407 g/mol. The second-order valence-corrected chi connectivity index (χ2v) is 7.45. The van der Waals surface area contributed by atoms with E-state index in [4.69, 9.17) is 0 Å². The van der Waals surface area contributed by atoms with E-state index >= 15 is 0 Å². The Morgan fingerprint density at radius 1 is 1.16 bits per heavy atom. The van der Waals surface area contributed by atoms with Crippen LogP contribution in [-0.4, -0.2) is 20.7 Å². The van der Waals surface area contributed by atoms with Gasteiger partial charge in [0.15, 0.2) is 0 Å². The van der Waals surface area contributed by atoms with Crippen molar-refractivity contribution in [2.45, 2.75) is 19.8 Å². The van der Waals surface area contributed by atoms with Crippen LogP contribution in [0.4, 0.5) is 5.69 Å². The normalized spacial score (nSPS) is 11.2. The number of pyridine rings is 1. The smallest absolute Gasteiger partial charge is 0.255 e. The molecular weight excluding hydrogens is 386 g/mol. The second-order valence-electron chi connectivity index (χ2n) is 7.45. The van der Waals surface area contributed by atoms with Crippen LogP contribution in [-0.2, 0) is 0 Å². The Labute approximate surface area is 180 Å². The first kappa shape index (κ1) is 20.0. The number of carbonyl (C=O) groups excluding carboxylic acids is 1. The standard InChI is InChI=1S/C25H21N5O/c1-17(2)24-19(15-26)4-3-5-22(24)25(31)29-21-7-6-20-16-28-30(23(20)14-21)13-10-18-8-11-27-12-9-18/h3-14,16-17H,1-2H3,(H,29,31)/b13-10+. The first-order chi connectivity index (χ1) is 15.1. The number of benzene rings is 2. The van der Waals surface area contributed by atoms with Gasteiger partial charge in [-0.15, -0.1) is 0 Å². The minimum absolute atomic E-state index is 0.0545. The van der Waals surface area contributed by atoms with E-state index in [1.807, 2.05) is 56.5 Å². The fourth-order valence-electron chi connectivity index (χ4n) is 3.55. The maximum absolute atomic E-state index is 13.0. The lowest BCUT2D eigenvalue weighted by Gasteiger charge is -2.14. The molecule has 0 spiro atoms. The van der Waals surface area contributed by atoms with Crippen molar-refractivity contribution in [1.29, 1.82) is 5.26 Å². The van der Waals surface area contributed by atoms with E-state index in [1.165, 1.54) is 0 Å². The zero-order valence-electron chi connectivity index (χ0n) is 17.3. The number of amides is 1. The van der Waals surface area contributed by atoms with Gasteiger partial charge in [0.25, 0.3) is 5.91 Å². The average Bonchev–Trinajstić information content (AvgIpc) is 3.20. The highest BCUT2D eigenvalue weighted by molar-refractivity contribution is 6.06. The van der Waals surface area contributed by atoms with Crippen molar-refractivity contribution < 1.29 is 4.79 Å². The summed E-state index contributed by atoms with van der Waals surface area (Å²) in [5.74, 6) is -0.183. The molecule has 0 bridgehead atoms. The Bertz CT molecular complexity index is 1310. The van der Waals surface area contributed by atoms with Gasteiger partial charge in [0.2, 0.25) is 0 Å². The molecule has 0 fully saturated rings. The van der Waals surface area contributed by atoms with Crippen LogP contribution < -0.4 is 5.32 Å². The molecule has 0 saturated heterocycles. The van der Waals surface area contributed by atoms with E-state index in [1.54, 1.807) is 41.5 Å². The van der Waals surface area contributed by atoms with Crippen LogP contribution in [0, 0.1) is 11.3 Å². The zero-order valence-corrected chi connectivity index (χ0v) is 17.3. The lowest BCUT2D eigenvalue weighted by Crippen LogP contribution is -2.15. The van der Waals surface area contributed by atoms with Gasteiger partial charge in [-0.25, -0.2) is 4.68 Å². The molecule has 0 atom stereocenters. The van der Waals surface area contributed by atoms with Crippen molar-refractivity contribution >= 4 is 34.8 Å². The lowest BCUT2D eigenvalue weighted by atomic mass is 9.92. The molecule has 4 rings (SSSR count). The monoisotopic (exact) mass is 407 g/mol. The van der Waals surface area contributed by atoms with Crippen LogP contribution in [0.5, 0.6) is 0 Å². The predicted octanol–water partition coefficient (Wildman–Crippen LogP) is 5.31. The summed E-state index contributed by atoms with van der Waals surface area (Å²) in [5.41, 5.74) is 4.35. The Hall–Kier alpha value is -4.24. The molecule has 6 nitrogen and oxygen atoms in total. The molecule has 0 aliphatic rings. The summed E-state index contributed by atoms with van der Waals surface area (Å²) >= 11 is 0. The summed E-state index contributed by atoms with van der Waals surface area (Å²) in [6.45, 7) is 3.96. The molecule has 2 heterocycles. The summed E-state index contributed by atoms with van der Waals surface area (Å²) in [7, 11) is 0. The summed E-state index contributed by atoms with van der Waals surface area (Å²) in [6, 6.07) is 16.9. The number of nitriles is 1. The van der Waals surface area contributed by atoms with E-state index in [-0.39, 0.29) is 11.8 Å². The highest BCUT2D eigenvalue weighted by Crippen LogP contribution is 2.25. The molecule has 1 amide bonds. The Morgan fingerprint density at radius 3 is 2.71 bits per heavy atom. The van der Waals surface area contributed by atoms with Crippen LogP contribution in [0.15, 0.2) is 67.1 Å². The molecular formula is C25H21N5O. The minimum Gasteiger partial charge on any atom is -0.322 e. The van der Waals surface area contributed by atoms with Crippen molar-refractivity contribution in [1.82, 2.24) is 14.8 Å². The van der Waals surface area contributed by atoms with Crippen LogP contribution in [0.1, 0.15) is 46.8 Å². The predicted molar refractivity (Wildman–Crippen MR) is 122 cm³/mol. The number of fused-ring (bicyclic) bond motifs is 1. The molecule has 0 unspecified atom stereocenters. The van der Waals surface area contributed by atoms with Crippen LogP contribution in [0.2, 0.25) is 0 Å². The number of carbonyl (C=O) groups is 1. The number of rotatable bonds is 5. The van der Waals surface area contributed by atoms with Crippen LogP contribution >= 0.6 is 0 Å². The van der Waals surface area contributed by atoms with E-state index in [0.29, 0.717) is 16.8 Å². The molecule has 152 valence electrons. The third-order valence-corrected chi connectivity index (χ3v) is 5.02. The number of hydrogen-bond donors (Lipinski definition) is 1. The molecule has 0 aliphatic carbocycles. The number of nitrogens with one attached hydrogen (secondary N) is 1. The van der Waals surface area contributed by atoms with Crippen LogP contribution in [0.25, 0.3) is 23.2 Å². The van der Waals surface area contributed by atoms with Gasteiger partial charge >= 0.3 is 0 Å². The number of hydrogen-bond acceptors (Lipinski definition) is 4. The third-order valence-electron chi connectivity index (χ3n) is 5.02. The summed E-state index contributed by atoms with van der Waals surface area (Å²) < 4.78 is 1.77. The second kappa shape index (κ2) is 8.64. The zero-order chi connectivity index (χ0) is 21.8. The molecule has 0 aliphatic heterocycles. The Kier molecular flexibility index (Phi) is 5.59. The topological polar surface area (TPSA) is 83.6 Å². The largest absolute Gasteiger partial charge is 0.322 e. The maximum Gasteiger partial charge on any atom is 0.255 e. The van der Waals surface area contributed by atoms with Crippen molar-refractivity contribution in [2.24, 2.45) is 0 Å². The van der Waals surface area contributed by atoms with Crippen molar-refractivity contribution in [3.8, 4) is 6.07 Å². The van der Waals surface area contributed by atoms with Crippen molar-refractivity contribution in [3.63, 3.8) is 0 Å². The quantitative estimate of drug-likeness (QED) is 0.486. The van der Waals surface area contributed by atoms with Gasteiger partial charge in [0.1, 0.15) is 0 Å². The fraction of sp³-hybridized carbons (Fsp3) is 0.120. The highest BCUT2D eigenvalue weighted by Gasteiger charge is 2.18. The number of nitrogens with zero attached hydrogens (tertiary/aromatic N) is 4. The van der Waals surface area contributed by atoms with E-state index in [2.05, 4.69) is 21.5 Å². The first-order valence-electron chi connectivity index (χ1n) is 9.96. The summed E-state index contributed by atoms with van der Waals surface area (Å²) in [4.78, 5) is 17.0. The van der Waals surface area contributed by atoms with E-state index in [0.717, 1.165) is 22.0 Å². The maximum atomic E-state index is 13.0. The molecule has 0 radical (unpaired) electrons. The Balaban J connectivity index is 1.64. The minimum atomic E-state index is -0.237. The third kappa shape index (κ3) is 4.21. The highest BCUT2D eigenvalue weighted by atomic mass is 16.1. The molecule has 6 heteroatoms. The van der Waals surface area contributed by atoms with Gasteiger partial charge in [-0.3, -0.25) is 9.78 Å². The fourth-order valence-corrected chi connectivity index (χ4v) is 3.55. The molecule has 0 saturated carbocycles. The van der Waals surface area contributed by atoms with Crippen LogP contribution in [0.3, 0.4) is 0 Å². The molecule has 4 aromatic rings. The van der Waals surface area contributed by atoms with Gasteiger partial charge in [0, 0.05) is 35.2 Å². The van der Waals surface area contributed by atoms with Gasteiger partial charge in [0.05, 0.1) is 23.3 Å². The summed E-state index contributed by atoms with van der Waals surface area (Å²) in [6.07, 6.45) is 9.08. The first-order valence-corrected chi connectivity index (χ1v) is 9.96. The molecule has 1 N–H and O–H groups in total. The Morgan fingerprint density at radius 2 is 1.97 bits per heavy atom. The van der Waals surface area contributed by atoms with Crippen molar-refractivity contribution in [2.75, 3.05) is 5.32 Å². The number of anilines is 1. The molecule has 2 aromatic heterocycles. The van der Waals surface area contributed by atoms with Gasteiger partial charge in [-0.2, -0.15) is 10.4 Å². The SMILES string of the molecule is CC(C)c1c(C#N)cccc1C(=O)Nc1ccc2cnn(/C=C/c3ccncc3)c2c1. The van der Waals surface area contributed by atoms with E-state index < -0.39 is 0 Å². The van der Waals surface area contributed by atoms with Crippen molar-refractivity contribution in [3.05, 3.63) is 89.4 Å².